The van der Waals surface area contributed by atoms with Gasteiger partial charge in [0, 0.05) is 30.5 Å². The third-order valence-electron chi connectivity index (χ3n) is 3.04. The Bertz CT molecular complexity index is 492. The number of benzene rings is 2. The number of rotatable bonds is 3. The lowest BCUT2D eigenvalue weighted by molar-refractivity contribution is 0.969. The van der Waals surface area contributed by atoms with E-state index < -0.39 is 0 Å². The van der Waals surface area contributed by atoms with E-state index in [4.69, 9.17) is 5.73 Å². The highest BCUT2D eigenvalue weighted by molar-refractivity contribution is 5.79. The Kier molecular flexibility index (Phi) is 3.33. The molecular weight excluding hydrogens is 208 g/mol. The molecule has 88 valence electrons. The summed E-state index contributed by atoms with van der Waals surface area (Å²) >= 11 is 0. The van der Waals surface area contributed by atoms with Gasteiger partial charge in [-0.1, -0.05) is 30.3 Å². The van der Waals surface area contributed by atoms with E-state index >= 15 is 0 Å². The topological polar surface area (TPSA) is 29.3 Å². The van der Waals surface area contributed by atoms with Crippen LogP contribution < -0.4 is 10.6 Å². The van der Waals surface area contributed by atoms with Gasteiger partial charge < -0.3 is 10.6 Å². The number of anilines is 2. The fraction of sp³-hybridized carbons (Fsp3) is 0.200. The van der Waals surface area contributed by atoms with E-state index in [1.165, 1.54) is 5.69 Å². The Morgan fingerprint density at radius 3 is 2.41 bits per heavy atom. The van der Waals surface area contributed by atoms with E-state index in [1.807, 2.05) is 24.3 Å². The number of hydrogen-bond acceptors (Lipinski definition) is 2. The lowest BCUT2D eigenvalue weighted by Gasteiger charge is -2.18. The average molecular weight is 226 g/mol. The quantitative estimate of drug-likeness (QED) is 0.813. The van der Waals surface area contributed by atoms with Crippen LogP contribution in [0.1, 0.15) is 6.92 Å². The lowest BCUT2D eigenvalue weighted by atomic mass is 10.0. The number of nitrogens with two attached hydrogens (primary N) is 1. The molecule has 0 heterocycles. The summed E-state index contributed by atoms with van der Waals surface area (Å²) in [5.41, 5.74) is 10.3. The van der Waals surface area contributed by atoms with Crippen LogP contribution in [0.2, 0.25) is 0 Å². The molecule has 2 heteroatoms. The van der Waals surface area contributed by atoms with Crippen molar-refractivity contribution >= 4 is 11.4 Å². The SMILES string of the molecule is CCN(C)c1ccc(N)c(-c2ccccc2)c1. The second-order valence-corrected chi connectivity index (χ2v) is 4.15. The van der Waals surface area contributed by atoms with Crippen LogP contribution in [0.4, 0.5) is 11.4 Å². The second kappa shape index (κ2) is 4.91. The fourth-order valence-corrected chi connectivity index (χ4v) is 1.83. The summed E-state index contributed by atoms with van der Waals surface area (Å²) in [6.07, 6.45) is 0. The summed E-state index contributed by atoms with van der Waals surface area (Å²) < 4.78 is 0. The van der Waals surface area contributed by atoms with Crippen LogP contribution in [0.15, 0.2) is 48.5 Å². The van der Waals surface area contributed by atoms with Crippen molar-refractivity contribution in [2.45, 2.75) is 6.92 Å². The summed E-state index contributed by atoms with van der Waals surface area (Å²) in [6, 6.07) is 16.4. The van der Waals surface area contributed by atoms with Crippen LogP contribution in [0.3, 0.4) is 0 Å². The fourth-order valence-electron chi connectivity index (χ4n) is 1.83. The second-order valence-electron chi connectivity index (χ2n) is 4.15. The maximum absolute atomic E-state index is 6.04. The summed E-state index contributed by atoms with van der Waals surface area (Å²) in [4.78, 5) is 2.20. The molecule has 0 spiro atoms. The van der Waals surface area contributed by atoms with Gasteiger partial charge in [-0.2, -0.15) is 0 Å². The van der Waals surface area contributed by atoms with Crippen molar-refractivity contribution in [3.05, 3.63) is 48.5 Å². The summed E-state index contributed by atoms with van der Waals surface area (Å²) in [5.74, 6) is 0. The third kappa shape index (κ3) is 2.41. The largest absolute Gasteiger partial charge is 0.398 e. The molecule has 0 aromatic heterocycles. The van der Waals surface area contributed by atoms with Crippen LogP contribution in [-0.2, 0) is 0 Å². The van der Waals surface area contributed by atoms with Crippen LogP contribution in [-0.4, -0.2) is 13.6 Å². The van der Waals surface area contributed by atoms with Gasteiger partial charge in [0.05, 0.1) is 0 Å². The molecule has 0 aliphatic heterocycles. The van der Waals surface area contributed by atoms with Crippen molar-refractivity contribution < 1.29 is 0 Å². The molecule has 0 unspecified atom stereocenters. The molecule has 2 aromatic rings. The predicted molar refractivity (Wildman–Crippen MR) is 75.2 cm³/mol. The van der Waals surface area contributed by atoms with Crippen molar-refractivity contribution in [1.29, 1.82) is 0 Å². The van der Waals surface area contributed by atoms with Crippen molar-refractivity contribution in [2.75, 3.05) is 24.2 Å². The van der Waals surface area contributed by atoms with E-state index in [0.717, 1.165) is 23.4 Å². The smallest absolute Gasteiger partial charge is 0.0395 e. The Morgan fingerprint density at radius 2 is 1.76 bits per heavy atom. The molecule has 0 bridgehead atoms. The monoisotopic (exact) mass is 226 g/mol. The van der Waals surface area contributed by atoms with Gasteiger partial charge in [0.2, 0.25) is 0 Å². The molecule has 2 aromatic carbocycles. The van der Waals surface area contributed by atoms with E-state index in [2.05, 4.69) is 43.1 Å². The standard InChI is InChI=1S/C15H18N2/c1-3-17(2)13-9-10-15(16)14(11-13)12-7-5-4-6-8-12/h4-11H,3,16H2,1-2H3. The van der Waals surface area contributed by atoms with Gasteiger partial charge in [-0.25, -0.2) is 0 Å². The summed E-state index contributed by atoms with van der Waals surface area (Å²) in [5, 5.41) is 0. The van der Waals surface area contributed by atoms with E-state index in [9.17, 15) is 0 Å². The highest BCUT2D eigenvalue weighted by Gasteiger charge is 2.05. The minimum Gasteiger partial charge on any atom is -0.398 e. The first-order chi connectivity index (χ1) is 8.22. The molecule has 0 aliphatic carbocycles. The molecule has 0 atom stereocenters. The van der Waals surface area contributed by atoms with Crippen molar-refractivity contribution in [1.82, 2.24) is 0 Å². The van der Waals surface area contributed by atoms with Crippen LogP contribution in [0, 0.1) is 0 Å². The molecule has 0 amide bonds. The molecule has 2 rings (SSSR count). The minimum absolute atomic E-state index is 0.824. The first-order valence-corrected chi connectivity index (χ1v) is 5.88. The molecule has 0 saturated heterocycles. The van der Waals surface area contributed by atoms with Gasteiger partial charge in [-0.3, -0.25) is 0 Å². The van der Waals surface area contributed by atoms with Crippen LogP contribution in [0.5, 0.6) is 0 Å². The zero-order chi connectivity index (χ0) is 12.3. The molecule has 17 heavy (non-hydrogen) atoms. The molecule has 0 radical (unpaired) electrons. The van der Waals surface area contributed by atoms with Gasteiger partial charge in [-0.05, 0) is 30.7 Å². The highest BCUT2D eigenvalue weighted by Crippen LogP contribution is 2.29. The Hall–Kier alpha value is -1.96. The lowest BCUT2D eigenvalue weighted by Crippen LogP contribution is -2.15. The molecular formula is C15H18N2. The van der Waals surface area contributed by atoms with Crippen LogP contribution in [0.25, 0.3) is 11.1 Å². The summed E-state index contributed by atoms with van der Waals surface area (Å²) in [7, 11) is 2.08. The predicted octanol–water partition coefficient (Wildman–Crippen LogP) is 3.39. The molecule has 0 saturated carbocycles. The first kappa shape index (κ1) is 11.5. The number of nitrogens with zero attached hydrogens (tertiary/aromatic N) is 1. The van der Waals surface area contributed by atoms with Crippen LogP contribution >= 0.6 is 0 Å². The normalized spacial score (nSPS) is 10.2. The van der Waals surface area contributed by atoms with E-state index in [-0.39, 0.29) is 0 Å². The zero-order valence-electron chi connectivity index (χ0n) is 10.4. The maximum Gasteiger partial charge on any atom is 0.0395 e. The van der Waals surface area contributed by atoms with Crippen molar-refractivity contribution in [3.8, 4) is 11.1 Å². The maximum atomic E-state index is 6.04. The Labute approximate surface area is 103 Å². The number of nitrogen functional groups attached to an aromatic ring is 1. The molecule has 0 fully saturated rings. The summed E-state index contributed by atoms with van der Waals surface area (Å²) in [6.45, 7) is 3.12. The Balaban J connectivity index is 2.47. The van der Waals surface area contributed by atoms with Gasteiger partial charge in [-0.15, -0.1) is 0 Å². The highest BCUT2D eigenvalue weighted by atomic mass is 15.1. The average Bonchev–Trinajstić information content (AvgIpc) is 2.39. The van der Waals surface area contributed by atoms with E-state index in [0.29, 0.717) is 0 Å². The molecule has 0 aliphatic rings. The van der Waals surface area contributed by atoms with Crippen molar-refractivity contribution in [2.24, 2.45) is 0 Å². The Morgan fingerprint density at radius 1 is 1.06 bits per heavy atom. The minimum atomic E-state index is 0.824. The molecule has 2 nitrogen and oxygen atoms in total. The van der Waals surface area contributed by atoms with Gasteiger partial charge in [0.1, 0.15) is 0 Å². The third-order valence-corrected chi connectivity index (χ3v) is 3.04. The zero-order valence-corrected chi connectivity index (χ0v) is 10.4. The first-order valence-electron chi connectivity index (χ1n) is 5.88. The van der Waals surface area contributed by atoms with Gasteiger partial charge in [0.25, 0.3) is 0 Å². The van der Waals surface area contributed by atoms with Crippen molar-refractivity contribution in [3.63, 3.8) is 0 Å². The van der Waals surface area contributed by atoms with Gasteiger partial charge in [0.15, 0.2) is 0 Å². The number of hydrogen-bond donors (Lipinski definition) is 1. The van der Waals surface area contributed by atoms with Gasteiger partial charge >= 0.3 is 0 Å². The van der Waals surface area contributed by atoms with E-state index in [1.54, 1.807) is 0 Å². The molecule has 2 N–H and O–H groups in total.